The van der Waals surface area contributed by atoms with E-state index in [0.717, 1.165) is 6.42 Å². The predicted molar refractivity (Wildman–Crippen MR) is 125 cm³/mol. The van der Waals surface area contributed by atoms with Gasteiger partial charge in [0, 0.05) is 17.6 Å². The topological polar surface area (TPSA) is 52.6 Å². The van der Waals surface area contributed by atoms with Crippen LogP contribution < -0.4 is 0 Å². The Bertz CT molecular complexity index is 786. The van der Waals surface area contributed by atoms with E-state index in [-0.39, 0.29) is 47.0 Å². The van der Waals surface area contributed by atoms with Gasteiger partial charge in [0.1, 0.15) is 0 Å². The minimum absolute atomic E-state index is 0.0391. The van der Waals surface area contributed by atoms with Crippen molar-refractivity contribution in [2.24, 2.45) is 5.41 Å². The van der Waals surface area contributed by atoms with Crippen molar-refractivity contribution in [1.82, 2.24) is 0 Å². The summed E-state index contributed by atoms with van der Waals surface area (Å²) in [6.45, 7) is 14.6. The number of unbranched alkanes of at least 4 members (excludes halogenated alkanes) is 1. The van der Waals surface area contributed by atoms with Crippen molar-refractivity contribution >= 4 is 20.0 Å². The van der Waals surface area contributed by atoms with Crippen LogP contribution in [0.3, 0.4) is 0 Å². The molecule has 2 aliphatic carbocycles. The summed E-state index contributed by atoms with van der Waals surface area (Å²) in [5, 5.41) is 0.666. The van der Waals surface area contributed by atoms with Gasteiger partial charge in [-0.05, 0) is 41.5 Å². The molecule has 0 aromatic rings. The maximum absolute atomic E-state index is 15.7. The minimum atomic E-state index is -3.00. The molecule has 0 radical (unpaired) electrons. The van der Waals surface area contributed by atoms with Gasteiger partial charge < -0.3 is 9.47 Å². The molecule has 0 fully saturated rings. The lowest BCUT2D eigenvalue weighted by molar-refractivity contribution is -0.169. The SMILES string of the molecule is CCCCC1=C2CC(C(=O)OC)(C(=O)OC)CC([Si](C(C)C)(C(C)C)C(C)C)=C2C1(F)F. The molecule has 0 spiro atoms. The molecule has 2 aliphatic rings. The van der Waals surface area contributed by atoms with Crippen molar-refractivity contribution in [3.63, 3.8) is 0 Å². The number of hydrogen-bond donors (Lipinski definition) is 0. The molecule has 32 heavy (non-hydrogen) atoms. The average molecular weight is 471 g/mol. The molecule has 0 unspecified atom stereocenters. The number of fused-ring (bicyclic) bond motifs is 1. The molecule has 0 N–H and O–H groups in total. The highest BCUT2D eigenvalue weighted by Crippen LogP contribution is 2.64. The molecule has 0 atom stereocenters. The molecule has 182 valence electrons. The monoisotopic (exact) mass is 470 g/mol. The van der Waals surface area contributed by atoms with Crippen molar-refractivity contribution in [3.8, 4) is 0 Å². The third-order valence-electron chi connectivity index (χ3n) is 7.94. The zero-order valence-corrected chi connectivity index (χ0v) is 22.2. The number of methoxy groups -OCH3 is 2. The van der Waals surface area contributed by atoms with Crippen molar-refractivity contribution in [2.75, 3.05) is 14.2 Å². The summed E-state index contributed by atoms with van der Waals surface area (Å²) in [4.78, 5) is 26.2. The lowest BCUT2D eigenvalue weighted by atomic mass is 9.63. The van der Waals surface area contributed by atoms with Crippen LogP contribution >= 0.6 is 0 Å². The van der Waals surface area contributed by atoms with E-state index < -0.39 is 31.4 Å². The molecular formula is C25H40F2O4Si. The standard InChI is InChI=1S/C25H40F2O4Si/c1-10-11-12-19-18-13-24(22(28)30-8,23(29)31-9)14-20(21(18)25(19,26)27)32(15(2)3,16(4)5)17(6)7/h15-17H,10-14H2,1-9H3. The Kier molecular flexibility index (Phi) is 7.85. The van der Waals surface area contributed by atoms with Crippen LogP contribution in [0.5, 0.6) is 0 Å². The van der Waals surface area contributed by atoms with Crippen LogP contribution in [-0.2, 0) is 19.1 Å². The highest BCUT2D eigenvalue weighted by Gasteiger charge is 2.65. The fourth-order valence-electron chi connectivity index (χ4n) is 6.78. The fourth-order valence-corrected chi connectivity index (χ4v) is 14.2. The third kappa shape index (κ3) is 3.68. The largest absolute Gasteiger partial charge is 0.468 e. The minimum Gasteiger partial charge on any atom is -0.468 e. The maximum Gasteiger partial charge on any atom is 0.323 e. The van der Waals surface area contributed by atoms with Crippen LogP contribution in [0.25, 0.3) is 0 Å². The summed E-state index contributed by atoms with van der Waals surface area (Å²) in [5.74, 6) is -4.40. The van der Waals surface area contributed by atoms with Gasteiger partial charge in [-0.1, -0.05) is 60.1 Å². The number of carbonyl (C=O) groups is 2. The van der Waals surface area contributed by atoms with E-state index in [1.165, 1.54) is 14.2 Å². The fraction of sp³-hybridized carbons (Fsp3) is 0.760. The Morgan fingerprint density at radius 3 is 1.78 bits per heavy atom. The summed E-state index contributed by atoms with van der Waals surface area (Å²) in [7, 11) is -0.103. The second-order valence-corrected chi connectivity index (χ2v) is 16.2. The highest BCUT2D eigenvalue weighted by atomic mass is 28.3. The van der Waals surface area contributed by atoms with Gasteiger partial charge in [-0.3, -0.25) is 9.59 Å². The van der Waals surface area contributed by atoms with Gasteiger partial charge in [0.25, 0.3) is 5.92 Å². The van der Waals surface area contributed by atoms with E-state index in [2.05, 4.69) is 41.5 Å². The molecule has 7 heteroatoms. The molecule has 0 aromatic carbocycles. The number of alkyl halides is 2. The van der Waals surface area contributed by atoms with Crippen LogP contribution in [0.1, 0.15) is 80.6 Å². The number of ether oxygens (including phenoxy) is 2. The zero-order chi connectivity index (χ0) is 24.6. The number of rotatable bonds is 9. The van der Waals surface area contributed by atoms with E-state index in [4.69, 9.17) is 9.47 Å². The van der Waals surface area contributed by atoms with Gasteiger partial charge >= 0.3 is 11.9 Å². The van der Waals surface area contributed by atoms with Crippen LogP contribution in [0, 0.1) is 5.41 Å². The molecule has 0 aromatic heterocycles. The second-order valence-electron chi connectivity index (χ2n) is 10.3. The number of allylic oxidation sites excluding steroid dienone is 4. The Hall–Kier alpha value is -1.50. The molecule has 0 heterocycles. The summed E-state index contributed by atoms with van der Waals surface area (Å²) >= 11 is 0. The first-order chi connectivity index (χ1) is 14.8. The predicted octanol–water partition coefficient (Wildman–Crippen LogP) is 6.76. The van der Waals surface area contributed by atoms with Crippen molar-refractivity contribution in [3.05, 3.63) is 21.9 Å². The molecule has 0 saturated carbocycles. The highest BCUT2D eigenvalue weighted by molar-refractivity contribution is 6.90. The Labute approximate surface area is 192 Å². The summed E-state index contributed by atoms with van der Waals surface area (Å²) in [6.07, 6.45) is 1.59. The molecular weight excluding hydrogens is 430 g/mol. The number of carbonyl (C=O) groups excluding carboxylic acids is 2. The first-order valence-electron chi connectivity index (χ1n) is 11.8. The lowest BCUT2D eigenvalue weighted by Gasteiger charge is -2.54. The Balaban J connectivity index is 2.96. The van der Waals surface area contributed by atoms with E-state index in [9.17, 15) is 9.59 Å². The van der Waals surface area contributed by atoms with Crippen LogP contribution in [0.15, 0.2) is 21.9 Å². The van der Waals surface area contributed by atoms with Crippen LogP contribution in [0.4, 0.5) is 8.78 Å². The Morgan fingerprint density at radius 1 is 0.938 bits per heavy atom. The van der Waals surface area contributed by atoms with Gasteiger partial charge in [-0.25, -0.2) is 0 Å². The normalized spacial score (nSPS) is 19.9. The van der Waals surface area contributed by atoms with E-state index in [1.54, 1.807) is 0 Å². The van der Waals surface area contributed by atoms with Gasteiger partial charge in [0.15, 0.2) is 5.41 Å². The summed E-state index contributed by atoms with van der Waals surface area (Å²) < 4.78 is 41.6. The molecule has 0 bridgehead atoms. The molecule has 0 amide bonds. The lowest BCUT2D eigenvalue weighted by Crippen LogP contribution is -2.57. The zero-order valence-electron chi connectivity index (χ0n) is 21.2. The Morgan fingerprint density at radius 2 is 1.41 bits per heavy atom. The van der Waals surface area contributed by atoms with Crippen molar-refractivity contribution in [2.45, 2.75) is 103 Å². The van der Waals surface area contributed by atoms with Crippen molar-refractivity contribution < 1.29 is 27.8 Å². The quantitative estimate of drug-likeness (QED) is 0.212. The first-order valence-corrected chi connectivity index (χ1v) is 14.0. The third-order valence-corrected chi connectivity index (χ3v) is 15.1. The van der Waals surface area contributed by atoms with Gasteiger partial charge in [0.2, 0.25) is 0 Å². The molecule has 4 nitrogen and oxygen atoms in total. The maximum atomic E-state index is 15.7. The van der Waals surface area contributed by atoms with Gasteiger partial charge in [-0.15, -0.1) is 0 Å². The first kappa shape index (κ1) is 26.7. The number of hydrogen-bond acceptors (Lipinski definition) is 4. The summed E-state index contributed by atoms with van der Waals surface area (Å²) in [6, 6.07) is 0. The smallest absolute Gasteiger partial charge is 0.323 e. The van der Waals surface area contributed by atoms with Gasteiger partial charge in [0.05, 0.1) is 22.3 Å². The van der Waals surface area contributed by atoms with E-state index >= 15 is 8.78 Å². The molecule has 0 saturated heterocycles. The number of esters is 2. The van der Waals surface area contributed by atoms with E-state index in [0.29, 0.717) is 17.2 Å². The van der Waals surface area contributed by atoms with E-state index in [1.807, 2.05) is 6.92 Å². The molecule has 0 aliphatic heterocycles. The van der Waals surface area contributed by atoms with Crippen LogP contribution in [-0.4, -0.2) is 40.2 Å². The van der Waals surface area contributed by atoms with Crippen molar-refractivity contribution in [1.29, 1.82) is 0 Å². The average Bonchev–Trinajstić information content (AvgIpc) is 2.71. The van der Waals surface area contributed by atoms with Gasteiger partial charge in [-0.2, -0.15) is 8.78 Å². The molecule has 2 rings (SSSR count). The number of halogens is 2. The van der Waals surface area contributed by atoms with Crippen LogP contribution in [0.2, 0.25) is 16.6 Å². The second kappa shape index (κ2) is 9.39. The summed E-state index contributed by atoms with van der Waals surface area (Å²) in [5.41, 5.74) is -0.423.